The largest absolute Gasteiger partial charge is 0.514 e. The first-order chi connectivity index (χ1) is 28.2. The van der Waals surface area contributed by atoms with Gasteiger partial charge in [-0.15, -0.1) is 0 Å². The van der Waals surface area contributed by atoms with E-state index < -0.39 is 41.1 Å². The molecule has 14 heteroatoms. The molecule has 5 N–H and O–H groups in total. The molecule has 0 radical (unpaired) electrons. The maximum atomic E-state index is 13.9. The molecule has 0 spiro atoms. The second-order valence-corrected chi connectivity index (χ2v) is 13.6. The summed E-state index contributed by atoms with van der Waals surface area (Å²) >= 11 is 0. The fourth-order valence-electron chi connectivity index (χ4n) is 6.69. The molecule has 5 aromatic rings. The molecule has 1 aliphatic carbocycles. The lowest BCUT2D eigenvalue weighted by atomic mass is 9.98. The van der Waals surface area contributed by atoms with Crippen LogP contribution in [0.25, 0.3) is 11.1 Å². The van der Waals surface area contributed by atoms with Crippen LogP contribution in [-0.4, -0.2) is 54.2 Å². The molecule has 14 nitrogen and oxygen atoms in total. The van der Waals surface area contributed by atoms with Gasteiger partial charge in [0.2, 0.25) is 11.8 Å². The highest BCUT2D eigenvalue weighted by atomic mass is 16.7. The van der Waals surface area contributed by atoms with Crippen LogP contribution in [0.3, 0.4) is 0 Å². The Kier molecular flexibility index (Phi) is 13.8. The molecular weight excluding hydrogens is 743 g/mol. The lowest BCUT2D eigenvalue weighted by molar-refractivity contribution is -0.384. The Morgan fingerprint density at radius 2 is 1.33 bits per heavy atom. The highest BCUT2D eigenvalue weighted by Crippen LogP contribution is 2.44. The highest BCUT2D eigenvalue weighted by Gasteiger charge is 2.31. The summed E-state index contributed by atoms with van der Waals surface area (Å²) < 4.78 is 16.0. The van der Waals surface area contributed by atoms with Crippen molar-refractivity contribution in [1.82, 2.24) is 10.6 Å². The summed E-state index contributed by atoms with van der Waals surface area (Å²) in [7, 11) is 0. The molecule has 5 aromatic carbocycles. The minimum absolute atomic E-state index is 0.0703. The average Bonchev–Trinajstić information content (AvgIpc) is 3.56. The van der Waals surface area contributed by atoms with Gasteiger partial charge in [0.25, 0.3) is 5.69 Å². The number of nitrogens with zero attached hydrogens (tertiary/aromatic N) is 1. The Morgan fingerprint density at radius 1 is 0.690 bits per heavy atom. The molecule has 0 heterocycles. The number of rotatable bonds is 17. The van der Waals surface area contributed by atoms with Crippen molar-refractivity contribution in [3.63, 3.8) is 0 Å². The number of alkyl carbamates (subject to hydrolysis) is 1. The number of amides is 3. The third-order valence-corrected chi connectivity index (χ3v) is 9.64. The van der Waals surface area contributed by atoms with Crippen molar-refractivity contribution in [2.45, 2.75) is 50.3 Å². The van der Waals surface area contributed by atoms with Crippen LogP contribution in [-0.2, 0) is 32.1 Å². The van der Waals surface area contributed by atoms with Crippen LogP contribution in [0.4, 0.5) is 21.0 Å². The molecule has 0 aliphatic heterocycles. The first-order valence-corrected chi connectivity index (χ1v) is 18.8. The number of benzene rings is 5. The Morgan fingerprint density at radius 3 is 1.97 bits per heavy atom. The van der Waals surface area contributed by atoms with Gasteiger partial charge in [0.05, 0.1) is 4.92 Å². The molecule has 0 saturated heterocycles. The predicted molar refractivity (Wildman–Crippen MR) is 216 cm³/mol. The fraction of sp³-hybridized carbons (Fsp3) is 0.227. The molecule has 0 fully saturated rings. The SMILES string of the molecule is NCCCC[C@@H](NC(=O)[C@H](Cc1ccccc1)NC(=O)OCC1c2ccccc2-c2ccccc21)C(=O)Nc1ccc(COC(=O)Oc2ccc([N+](=O)[O-])cc2)cc1. The van der Waals surface area contributed by atoms with Crippen LogP contribution >= 0.6 is 0 Å². The zero-order valence-corrected chi connectivity index (χ0v) is 31.5. The average molecular weight is 786 g/mol. The van der Waals surface area contributed by atoms with E-state index >= 15 is 0 Å². The summed E-state index contributed by atoms with van der Waals surface area (Å²) in [5.41, 5.74) is 11.7. The first kappa shape index (κ1) is 40.6. The van der Waals surface area contributed by atoms with Crippen LogP contribution in [0, 0.1) is 10.1 Å². The number of anilines is 1. The van der Waals surface area contributed by atoms with E-state index in [0.717, 1.165) is 27.8 Å². The van der Waals surface area contributed by atoms with Crippen molar-refractivity contribution >= 4 is 35.4 Å². The van der Waals surface area contributed by atoms with Gasteiger partial charge >= 0.3 is 12.2 Å². The van der Waals surface area contributed by atoms with Crippen molar-refractivity contribution in [2.75, 3.05) is 18.5 Å². The second kappa shape index (κ2) is 19.7. The summed E-state index contributed by atoms with van der Waals surface area (Å²) in [4.78, 5) is 63.4. The van der Waals surface area contributed by atoms with Crippen LogP contribution in [0.5, 0.6) is 5.75 Å². The van der Waals surface area contributed by atoms with Crippen molar-refractivity contribution in [2.24, 2.45) is 5.73 Å². The zero-order valence-electron chi connectivity index (χ0n) is 31.5. The molecule has 0 aromatic heterocycles. The van der Waals surface area contributed by atoms with Gasteiger partial charge in [0, 0.05) is 30.2 Å². The van der Waals surface area contributed by atoms with Gasteiger partial charge in [-0.05, 0) is 83.5 Å². The predicted octanol–water partition coefficient (Wildman–Crippen LogP) is 7.01. The van der Waals surface area contributed by atoms with Gasteiger partial charge in [-0.1, -0.05) is 91.0 Å². The van der Waals surface area contributed by atoms with Gasteiger partial charge in [-0.25, -0.2) is 9.59 Å². The minimum atomic E-state index is -1.06. The number of non-ortho nitro benzene ring substituents is 1. The van der Waals surface area contributed by atoms with E-state index in [9.17, 15) is 29.3 Å². The number of nitrogens with two attached hydrogens (primary N) is 1. The lowest BCUT2D eigenvalue weighted by Crippen LogP contribution is -2.53. The number of ether oxygens (including phenoxy) is 3. The summed E-state index contributed by atoms with van der Waals surface area (Å²) in [6.45, 7) is 0.339. The van der Waals surface area contributed by atoms with Gasteiger partial charge in [-0.2, -0.15) is 0 Å². The lowest BCUT2D eigenvalue weighted by Gasteiger charge is -2.24. The zero-order chi connectivity index (χ0) is 40.9. The maximum Gasteiger partial charge on any atom is 0.514 e. The van der Waals surface area contributed by atoms with E-state index in [1.807, 2.05) is 66.7 Å². The smallest absolute Gasteiger partial charge is 0.449 e. The molecule has 1 aliphatic rings. The summed E-state index contributed by atoms with van der Waals surface area (Å²) in [5.74, 6) is -1.11. The van der Waals surface area contributed by atoms with Crippen LogP contribution in [0.2, 0.25) is 0 Å². The van der Waals surface area contributed by atoms with Crippen molar-refractivity contribution in [3.8, 4) is 16.9 Å². The summed E-state index contributed by atoms with van der Waals surface area (Å²) in [5, 5.41) is 19.3. The number of hydrogen-bond donors (Lipinski definition) is 4. The molecule has 298 valence electrons. The van der Waals surface area contributed by atoms with E-state index in [1.54, 1.807) is 24.3 Å². The quantitative estimate of drug-likeness (QED) is 0.0250. The molecule has 0 saturated carbocycles. The van der Waals surface area contributed by atoms with Crippen molar-refractivity contribution in [1.29, 1.82) is 0 Å². The number of carbonyl (C=O) groups excluding carboxylic acids is 4. The van der Waals surface area contributed by atoms with Gasteiger partial charge < -0.3 is 35.9 Å². The van der Waals surface area contributed by atoms with Crippen LogP contribution in [0.15, 0.2) is 127 Å². The number of unbranched alkanes of at least 4 members (excludes halogenated alkanes) is 1. The van der Waals surface area contributed by atoms with Crippen molar-refractivity contribution < 1.29 is 38.3 Å². The van der Waals surface area contributed by atoms with Gasteiger partial charge in [0.15, 0.2) is 0 Å². The first-order valence-electron chi connectivity index (χ1n) is 18.8. The number of fused-ring (bicyclic) bond motifs is 3. The molecular formula is C44H43N5O9. The Hall–Kier alpha value is -7.06. The standard InChI is InChI=1S/C44H43N5O9/c45-25-9-8-16-39(41(50)46-31-19-17-30(18-20-31)27-57-44(53)58-33-23-21-32(22-24-33)49(54)55)47-42(51)40(26-29-10-2-1-3-11-29)48-43(52)56-28-38-36-14-6-4-12-34(36)35-13-5-7-15-37(35)38/h1-7,10-15,17-24,38-40H,8-9,16,25-28,45H2,(H,46,50)(H,47,51)(H,48,52)/t39-,40+/m1/s1. The van der Waals surface area contributed by atoms with Crippen molar-refractivity contribution in [3.05, 3.63) is 160 Å². The molecule has 0 bridgehead atoms. The minimum Gasteiger partial charge on any atom is -0.449 e. The summed E-state index contributed by atoms with van der Waals surface area (Å²) in [6, 6.07) is 34.7. The Balaban J connectivity index is 1.07. The third-order valence-electron chi connectivity index (χ3n) is 9.64. The monoisotopic (exact) mass is 785 g/mol. The van der Waals surface area contributed by atoms with E-state index in [2.05, 4.69) is 28.1 Å². The van der Waals surface area contributed by atoms with E-state index in [1.165, 1.54) is 24.3 Å². The molecule has 6 rings (SSSR count). The second-order valence-electron chi connectivity index (χ2n) is 13.6. The maximum absolute atomic E-state index is 13.9. The Bertz CT molecular complexity index is 2170. The molecule has 2 atom stereocenters. The Labute approximate surface area is 334 Å². The fourth-order valence-corrected chi connectivity index (χ4v) is 6.69. The number of nitrogens with one attached hydrogen (secondary N) is 3. The third kappa shape index (κ3) is 10.8. The van der Waals surface area contributed by atoms with E-state index in [4.69, 9.17) is 19.9 Å². The normalized spacial score (nSPS) is 12.6. The molecule has 3 amide bonds. The number of hydrogen-bond acceptors (Lipinski definition) is 10. The molecule has 58 heavy (non-hydrogen) atoms. The van der Waals surface area contributed by atoms with Crippen LogP contribution < -0.4 is 26.4 Å². The highest BCUT2D eigenvalue weighted by molar-refractivity contribution is 5.98. The van der Waals surface area contributed by atoms with E-state index in [0.29, 0.717) is 37.1 Å². The number of nitro groups is 1. The number of nitro benzene ring substituents is 1. The van der Waals surface area contributed by atoms with Gasteiger partial charge in [0.1, 0.15) is 31.0 Å². The number of carbonyl (C=O) groups is 4. The van der Waals surface area contributed by atoms with Gasteiger partial charge in [-0.3, -0.25) is 19.7 Å². The summed E-state index contributed by atoms with van der Waals surface area (Å²) in [6.07, 6.45) is -0.123. The van der Waals surface area contributed by atoms with Crippen LogP contribution in [0.1, 0.15) is 47.4 Å². The molecule has 0 unspecified atom stereocenters. The topological polar surface area (TPSA) is 201 Å². The van der Waals surface area contributed by atoms with E-state index in [-0.39, 0.29) is 37.0 Å².